The lowest BCUT2D eigenvalue weighted by Crippen LogP contribution is -2.31. The van der Waals surface area contributed by atoms with Crippen molar-refractivity contribution in [3.05, 3.63) is 54.3 Å². The second-order valence-electron chi connectivity index (χ2n) is 5.31. The number of amides is 2. The van der Waals surface area contributed by atoms with Crippen molar-refractivity contribution >= 4 is 11.7 Å². The molecule has 2 N–H and O–H groups in total. The van der Waals surface area contributed by atoms with E-state index in [4.69, 9.17) is 4.74 Å². The van der Waals surface area contributed by atoms with Crippen molar-refractivity contribution in [3.63, 3.8) is 0 Å². The Balaban J connectivity index is 1.91. The Morgan fingerprint density at radius 1 is 1.14 bits per heavy atom. The van der Waals surface area contributed by atoms with Gasteiger partial charge >= 0.3 is 6.03 Å². The summed E-state index contributed by atoms with van der Waals surface area (Å²) in [5.74, 6) is 1.04. The predicted octanol–water partition coefficient (Wildman–Crippen LogP) is 4.40. The minimum absolute atomic E-state index is 0.243. The van der Waals surface area contributed by atoms with Crippen molar-refractivity contribution in [1.29, 1.82) is 0 Å². The molecule has 2 amide bonds. The summed E-state index contributed by atoms with van der Waals surface area (Å²) in [5, 5.41) is 5.50. The molecule has 22 heavy (non-hydrogen) atoms. The average Bonchev–Trinajstić information content (AvgIpc) is 2.47. The number of ether oxygens (including phenoxy) is 1. The van der Waals surface area contributed by atoms with Crippen LogP contribution in [0.5, 0.6) is 11.5 Å². The molecule has 0 bridgehead atoms. The van der Waals surface area contributed by atoms with Gasteiger partial charge in [-0.3, -0.25) is 0 Å². The van der Waals surface area contributed by atoms with E-state index >= 15 is 0 Å². The van der Waals surface area contributed by atoms with Crippen molar-refractivity contribution in [2.45, 2.75) is 13.8 Å². The summed E-state index contributed by atoms with van der Waals surface area (Å²) in [6.07, 6.45) is 0. The molecule has 2 rings (SSSR count). The number of carbonyl (C=O) groups is 1. The van der Waals surface area contributed by atoms with Gasteiger partial charge in [-0.2, -0.15) is 0 Å². The van der Waals surface area contributed by atoms with E-state index in [1.807, 2.05) is 13.8 Å². The third-order valence-electron chi connectivity index (χ3n) is 2.81. The van der Waals surface area contributed by atoms with E-state index in [1.54, 1.807) is 36.4 Å². The first kappa shape index (κ1) is 15.8. The van der Waals surface area contributed by atoms with E-state index in [-0.39, 0.29) is 11.8 Å². The molecule has 2 aromatic carbocycles. The average molecular weight is 302 g/mol. The summed E-state index contributed by atoms with van der Waals surface area (Å²) < 4.78 is 18.6. The van der Waals surface area contributed by atoms with E-state index in [2.05, 4.69) is 10.6 Å². The zero-order valence-electron chi connectivity index (χ0n) is 12.6. The quantitative estimate of drug-likeness (QED) is 0.860. The Hall–Kier alpha value is -2.56. The smallest absolute Gasteiger partial charge is 0.319 e. The highest BCUT2D eigenvalue weighted by Gasteiger charge is 2.03. The Morgan fingerprint density at radius 3 is 2.50 bits per heavy atom. The van der Waals surface area contributed by atoms with Crippen molar-refractivity contribution in [2.75, 3.05) is 11.9 Å². The lowest BCUT2D eigenvalue weighted by atomic mass is 10.2. The van der Waals surface area contributed by atoms with Crippen LogP contribution in [0.3, 0.4) is 0 Å². The molecule has 4 nitrogen and oxygen atoms in total. The lowest BCUT2D eigenvalue weighted by Gasteiger charge is -2.10. The number of hydrogen-bond donors (Lipinski definition) is 2. The van der Waals surface area contributed by atoms with E-state index in [9.17, 15) is 9.18 Å². The Morgan fingerprint density at radius 2 is 1.86 bits per heavy atom. The van der Waals surface area contributed by atoms with Crippen LogP contribution in [0.4, 0.5) is 14.9 Å². The minimum atomic E-state index is -0.349. The zero-order valence-corrected chi connectivity index (χ0v) is 12.6. The van der Waals surface area contributed by atoms with Gasteiger partial charge < -0.3 is 15.4 Å². The molecule has 0 fully saturated rings. The SMILES string of the molecule is CC(C)CNC(=O)Nc1ccc(Oc2cccc(F)c2)cc1. The Kier molecular flexibility index (Phi) is 5.36. The fourth-order valence-corrected chi connectivity index (χ4v) is 1.74. The molecule has 0 unspecified atom stereocenters. The first-order valence-electron chi connectivity index (χ1n) is 7.11. The van der Waals surface area contributed by atoms with Crippen molar-refractivity contribution < 1.29 is 13.9 Å². The molecule has 0 atom stereocenters. The predicted molar refractivity (Wildman–Crippen MR) is 84.8 cm³/mol. The molecule has 0 radical (unpaired) electrons. The second kappa shape index (κ2) is 7.45. The summed E-state index contributed by atoms with van der Waals surface area (Å²) in [6.45, 7) is 4.67. The van der Waals surface area contributed by atoms with Crippen LogP contribution in [-0.2, 0) is 0 Å². The van der Waals surface area contributed by atoms with Crippen LogP contribution in [0.2, 0.25) is 0 Å². The summed E-state index contributed by atoms with van der Waals surface area (Å²) in [7, 11) is 0. The van der Waals surface area contributed by atoms with Crippen LogP contribution in [0.1, 0.15) is 13.8 Å². The van der Waals surface area contributed by atoms with Gasteiger partial charge in [0.15, 0.2) is 0 Å². The summed E-state index contributed by atoms with van der Waals surface area (Å²) in [4.78, 5) is 11.6. The molecule has 0 spiro atoms. The monoisotopic (exact) mass is 302 g/mol. The zero-order chi connectivity index (χ0) is 15.9. The normalized spacial score (nSPS) is 10.4. The van der Waals surface area contributed by atoms with Gasteiger partial charge in [-0.05, 0) is 42.3 Å². The Bertz CT molecular complexity index is 627. The number of anilines is 1. The maximum atomic E-state index is 13.1. The standard InChI is InChI=1S/C17H19FN2O2/c1-12(2)11-19-17(21)20-14-6-8-15(9-7-14)22-16-5-3-4-13(18)10-16/h3-10,12H,11H2,1-2H3,(H2,19,20,21). The number of rotatable bonds is 5. The molecule has 0 aliphatic carbocycles. The van der Waals surface area contributed by atoms with Gasteiger partial charge in [-0.15, -0.1) is 0 Å². The van der Waals surface area contributed by atoms with E-state index in [0.29, 0.717) is 29.6 Å². The number of halogens is 1. The minimum Gasteiger partial charge on any atom is -0.457 e. The first-order valence-corrected chi connectivity index (χ1v) is 7.11. The van der Waals surface area contributed by atoms with Gasteiger partial charge in [-0.1, -0.05) is 19.9 Å². The van der Waals surface area contributed by atoms with Crippen LogP contribution in [-0.4, -0.2) is 12.6 Å². The molecule has 0 saturated heterocycles. The Labute approximate surface area is 129 Å². The third kappa shape index (κ3) is 5.09. The van der Waals surface area contributed by atoms with Gasteiger partial charge in [-0.25, -0.2) is 9.18 Å². The summed E-state index contributed by atoms with van der Waals surface area (Å²) in [5.41, 5.74) is 0.660. The highest BCUT2D eigenvalue weighted by Crippen LogP contribution is 2.23. The van der Waals surface area contributed by atoms with Gasteiger partial charge in [0, 0.05) is 18.3 Å². The van der Waals surface area contributed by atoms with Crippen LogP contribution in [0.25, 0.3) is 0 Å². The molecule has 0 aromatic heterocycles. The van der Waals surface area contributed by atoms with Crippen LogP contribution in [0, 0.1) is 11.7 Å². The molecule has 0 heterocycles. The van der Waals surface area contributed by atoms with Crippen molar-refractivity contribution in [1.82, 2.24) is 5.32 Å². The summed E-state index contributed by atoms with van der Waals surface area (Å²) >= 11 is 0. The van der Waals surface area contributed by atoms with Gasteiger partial charge in [0.2, 0.25) is 0 Å². The van der Waals surface area contributed by atoms with Crippen molar-refractivity contribution in [3.8, 4) is 11.5 Å². The fraction of sp³-hybridized carbons (Fsp3) is 0.235. The fourth-order valence-electron chi connectivity index (χ4n) is 1.74. The molecular weight excluding hydrogens is 283 g/mol. The number of hydrogen-bond acceptors (Lipinski definition) is 2. The number of nitrogens with one attached hydrogen (secondary N) is 2. The van der Waals surface area contributed by atoms with E-state index in [0.717, 1.165) is 0 Å². The first-order chi connectivity index (χ1) is 10.5. The second-order valence-corrected chi connectivity index (χ2v) is 5.31. The molecule has 0 aliphatic rings. The maximum Gasteiger partial charge on any atom is 0.319 e. The molecule has 0 aliphatic heterocycles. The van der Waals surface area contributed by atoms with Gasteiger partial charge in [0.05, 0.1) is 0 Å². The van der Waals surface area contributed by atoms with Crippen LogP contribution < -0.4 is 15.4 Å². The van der Waals surface area contributed by atoms with Gasteiger partial charge in [0.1, 0.15) is 17.3 Å². The molecule has 116 valence electrons. The van der Waals surface area contributed by atoms with Crippen LogP contribution >= 0.6 is 0 Å². The van der Waals surface area contributed by atoms with Crippen LogP contribution in [0.15, 0.2) is 48.5 Å². The molecule has 2 aromatic rings. The molecule has 5 heteroatoms. The highest BCUT2D eigenvalue weighted by atomic mass is 19.1. The van der Waals surface area contributed by atoms with Gasteiger partial charge in [0.25, 0.3) is 0 Å². The topological polar surface area (TPSA) is 50.4 Å². The third-order valence-corrected chi connectivity index (χ3v) is 2.81. The lowest BCUT2D eigenvalue weighted by molar-refractivity contribution is 0.251. The van der Waals surface area contributed by atoms with E-state index < -0.39 is 0 Å². The molecule has 0 saturated carbocycles. The van der Waals surface area contributed by atoms with E-state index in [1.165, 1.54) is 12.1 Å². The van der Waals surface area contributed by atoms with Crippen molar-refractivity contribution in [2.24, 2.45) is 5.92 Å². The summed E-state index contributed by atoms with van der Waals surface area (Å²) in [6, 6.07) is 12.6. The number of benzene rings is 2. The number of carbonyl (C=O) groups excluding carboxylic acids is 1. The number of urea groups is 1. The largest absolute Gasteiger partial charge is 0.457 e. The highest BCUT2D eigenvalue weighted by molar-refractivity contribution is 5.89. The molecular formula is C17H19FN2O2. The maximum absolute atomic E-state index is 13.1.